The number of nitro groups is 1. The van der Waals surface area contributed by atoms with Crippen molar-refractivity contribution in [3.8, 4) is 11.1 Å². The van der Waals surface area contributed by atoms with Gasteiger partial charge in [-0.15, -0.1) is 0 Å². The first-order valence-electron chi connectivity index (χ1n) is 6.68. The lowest BCUT2D eigenvalue weighted by atomic mass is 9.98. The van der Waals surface area contributed by atoms with E-state index >= 15 is 0 Å². The van der Waals surface area contributed by atoms with Crippen LogP contribution >= 0.6 is 11.6 Å². The van der Waals surface area contributed by atoms with Crippen LogP contribution in [0.25, 0.3) is 11.1 Å². The number of nitrogens with two attached hydrogens (primary N) is 1. The molecule has 0 unspecified atom stereocenters. The van der Waals surface area contributed by atoms with E-state index in [9.17, 15) is 23.3 Å². The number of sulfonamides is 1. The molecule has 7 nitrogen and oxygen atoms in total. The Labute approximate surface area is 143 Å². The molecule has 2 N–H and O–H groups in total. The number of hydrogen-bond acceptors (Lipinski definition) is 5. The standard InChI is InChI=1S/C15H13ClN2O5S/c1-9-11(3-2-4-15(9)24(17,22)23)10-5-6-12(13(16)7-10)14(19)8-18(20)21/h2-7H,8H2,1H3,(H2,17,22,23). The molecule has 0 aliphatic rings. The first-order valence-corrected chi connectivity index (χ1v) is 8.61. The van der Waals surface area contributed by atoms with Crippen molar-refractivity contribution in [2.45, 2.75) is 11.8 Å². The molecular weight excluding hydrogens is 356 g/mol. The minimum absolute atomic E-state index is 0.00960. The molecule has 0 aromatic heterocycles. The molecule has 0 saturated heterocycles. The smallest absolute Gasteiger partial charge is 0.265 e. The number of carbonyl (C=O) groups is 1. The Kier molecular flexibility index (Phi) is 5.02. The summed E-state index contributed by atoms with van der Waals surface area (Å²) < 4.78 is 23.2. The number of hydrogen-bond donors (Lipinski definition) is 1. The summed E-state index contributed by atoms with van der Waals surface area (Å²) in [5, 5.41) is 15.7. The zero-order chi connectivity index (χ0) is 18.1. The summed E-state index contributed by atoms with van der Waals surface area (Å²) in [6, 6.07) is 9.02. The second kappa shape index (κ2) is 6.68. The summed E-state index contributed by atoms with van der Waals surface area (Å²) in [4.78, 5) is 21.4. The van der Waals surface area contributed by atoms with Crippen LogP contribution in [0.4, 0.5) is 0 Å². The highest BCUT2D eigenvalue weighted by atomic mass is 35.5. The van der Waals surface area contributed by atoms with Crippen molar-refractivity contribution in [2.75, 3.05) is 6.54 Å². The maximum absolute atomic E-state index is 11.8. The van der Waals surface area contributed by atoms with Gasteiger partial charge in [0.15, 0.2) is 0 Å². The van der Waals surface area contributed by atoms with E-state index < -0.39 is 27.3 Å². The van der Waals surface area contributed by atoms with Gasteiger partial charge in [-0.25, -0.2) is 13.6 Å². The van der Waals surface area contributed by atoms with E-state index in [-0.39, 0.29) is 15.5 Å². The van der Waals surface area contributed by atoms with Gasteiger partial charge in [0.1, 0.15) is 0 Å². The minimum atomic E-state index is -3.87. The van der Waals surface area contributed by atoms with Crippen LogP contribution in [-0.2, 0) is 10.0 Å². The molecule has 0 atom stereocenters. The summed E-state index contributed by atoms with van der Waals surface area (Å²) in [6.45, 7) is 0.758. The van der Waals surface area contributed by atoms with E-state index in [1.165, 1.54) is 18.2 Å². The number of rotatable bonds is 5. The van der Waals surface area contributed by atoms with Crippen LogP contribution in [0, 0.1) is 17.0 Å². The van der Waals surface area contributed by atoms with Crippen LogP contribution < -0.4 is 5.14 Å². The first kappa shape index (κ1) is 18.1. The maximum atomic E-state index is 11.8. The molecule has 2 aromatic carbocycles. The van der Waals surface area contributed by atoms with Gasteiger partial charge in [0.05, 0.1) is 9.92 Å². The Morgan fingerprint density at radius 1 is 1.29 bits per heavy atom. The van der Waals surface area contributed by atoms with Gasteiger partial charge in [-0.05, 0) is 41.8 Å². The fourth-order valence-electron chi connectivity index (χ4n) is 2.35. The molecule has 0 amide bonds. The van der Waals surface area contributed by atoms with Gasteiger partial charge >= 0.3 is 0 Å². The zero-order valence-electron chi connectivity index (χ0n) is 12.5. The highest BCUT2D eigenvalue weighted by Gasteiger charge is 2.18. The van der Waals surface area contributed by atoms with Crippen LogP contribution in [0.1, 0.15) is 15.9 Å². The average molecular weight is 369 g/mol. The maximum Gasteiger partial charge on any atom is 0.265 e. The van der Waals surface area contributed by atoms with Crippen molar-refractivity contribution in [3.05, 3.63) is 62.7 Å². The second-order valence-electron chi connectivity index (χ2n) is 5.08. The van der Waals surface area contributed by atoms with Gasteiger partial charge in [-0.1, -0.05) is 29.8 Å². The van der Waals surface area contributed by atoms with Crippen LogP contribution in [0.5, 0.6) is 0 Å². The Bertz CT molecular complexity index is 941. The predicted molar refractivity (Wildman–Crippen MR) is 89.2 cm³/mol. The third-order valence-corrected chi connectivity index (χ3v) is 4.81. The lowest BCUT2D eigenvalue weighted by Gasteiger charge is -2.11. The van der Waals surface area contributed by atoms with Crippen LogP contribution in [0.3, 0.4) is 0 Å². The molecular formula is C15H13ClN2O5S. The average Bonchev–Trinajstić information content (AvgIpc) is 2.45. The van der Waals surface area contributed by atoms with Gasteiger partial charge < -0.3 is 0 Å². The number of halogens is 1. The number of primary sulfonamides is 1. The number of carbonyl (C=O) groups excluding carboxylic acids is 1. The van der Waals surface area contributed by atoms with E-state index in [2.05, 4.69) is 0 Å². The van der Waals surface area contributed by atoms with Gasteiger partial charge in [0.25, 0.3) is 6.54 Å². The predicted octanol–water partition coefficient (Wildman–Crippen LogP) is 2.42. The zero-order valence-corrected chi connectivity index (χ0v) is 14.1. The molecule has 2 aromatic rings. The van der Waals surface area contributed by atoms with E-state index in [1.807, 2.05) is 0 Å². The van der Waals surface area contributed by atoms with E-state index in [0.717, 1.165) is 0 Å². The Hall–Kier alpha value is -2.29. The second-order valence-corrected chi connectivity index (χ2v) is 7.02. The summed E-state index contributed by atoms with van der Waals surface area (Å²) in [5.74, 6) is -0.702. The number of nitrogens with zero attached hydrogens (tertiary/aromatic N) is 1. The van der Waals surface area contributed by atoms with Crippen molar-refractivity contribution < 1.29 is 18.1 Å². The minimum Gasteiger partial charge on any atom is -0.287 e. The lowest BCUT2D eigenvalue weighted by Crippen LogP contribution is -2.14. The summed E-state index contributed by atoms with van der Waals surface area (Å²) >= 11 is 6.05. The molecule has 24 heavy (non-hydrogen) atoms. The van der Waals surface area contributed by atoms with Crippen molar-refractivity contribution in [3.63, 3.8) is 0 Å². The molecule has 0 radical (unpaired) electrons. The summed E-state index contributed by atoms with van der Waals surface area (Å²) in [5.41, 5.74) is 1.63. The first-order chi connectivity index (χ1) is 11.1. The molecule has 0 fully saturated rings. The summed E-state index contributed by atoms with van der Waals surface area (Å²) in [7, 11) is -3.87. The fourth-order valence-corrected chi connectivity index (χ4v) is 3.44. The molecule has 0 aliphatic carbocycles. The molecule has 0 saturated carbocycles. The van der Waals surface area contributed by atoms with Crippen molar-refractivity contribution in [2.24, 2.45) is 5.14 Å². The van der Waals surface area contributed by atoms with E-state index in [1.54, 1.807) is 25.1 Å². The molecule has 9 heteroatoms. The molecule has 0 bridgehead atoms. The third-order valence-electron chi connectivity index (χ3n) is 3.44. The van der Waals surface area contributed by atoms with Gasteiger partial charge in [0.2, 0.25) is 15.8 Å². The van der Waals surface area contributed by atoms with Crippen molar-refractivity contribution in [1.29, 1.82) is 0 Å². The van der Waals surface area contributed by atoms with E-state index in [4.69, 9.17) is 16.7 Å². The number of ketones is 1. The highest BCUT2D eigenvalue weighted by molar-refractivity contribution is 7.89. The SMILES string of the molecule is Cc1c(-c2ccc(C(=O)C[N+](=O)[O-])c(Cl)c2)cccc1S(N)(=O)=O. The Balaban J connectivity index is 2.51. The Morgan fingerprint density at radius 2 is 1.96 bits per heavy atom. The normalized spacial score (nSPS) is 11.3. The molecule has 0 aliphatic heterocycles. The van der Waals surface area contributed by atoms with Gasteiger partial charge in [0, 0.05) is 10.5 Å². The van der Waals surface area contributed by atoms with Crippen LogP contribution in [0.15, 0.2) is 41.3 Å². The molecule has 2 rings (SSSR count). The quantitative estimate of drug-likeness (QED) is 0.493. The molecule has 0 heterocycles. The van der Waals surface area contributed by atoms with Crippen molar-refractivity contribution >= 4 is 27.4 Å². The van der Waals surface area contributed by atoms with Crippen LogP contribution in [0.2, 0.25) is 5.02 Å². The van der Waals surface area contributed by atoms with E-state index in [0.29, 0.717) is 16.7 Å². The topological polar surface area (TPSA) is 120 Å². The molecule has 0 spiro atoms. The highest BCUT2D eigenvalue weighted by Crippen LogP contribution is 2.30. The Morgan fingerprint density at radius 3 is 2.50 bits per heavy atom. The number of Topliss-reactive ketones (excluding diaryl/α,β-unsaturated/α-hetero) is 1. The largest absolute Gasteiger partial charge is 0.287 e. The third kappa shape index (κ3) is 3.78. The van der Waals surface area contributed by atoms with Crippen molar-refractivity contribution in [1.82, 2.24) is 0 Å². The monoisotopic (exact) mass is 368 g/mol. The summed E-state index contributed by atoms with van der Waals surface area (Å²) in [6.07, 6.45) is 0. The van der Waals surface area contributed by atoms with Crippen LogP contribution in [-0.4, -0.2) is 25.7 Å². The number of benzene rings is 2. The lowest BCUT2D eigenvalue weighted by molar-refractivity contribution is -0.465. The fraction of sp³-hybridized carbons (Fsp3) is 0.133. The van der Waals surface area contributed by atoms with Gasteiger partial charge in [-0.2, -0.15) is 0 Å². The van der Waals surface area contributed by atoms with Gasteiger partial charge in [-0.3, -0.25) is 14.9 Å². The molecule has 126 valence electrons.